The van der Waals surface area contributed by atoms with Gasteiger partial charge in [-0.3, -0.25) is 0 Å². The molecule has 118 valence electrons. The molecule has 0 amide bonds. The molecule has 0 saturated carbocycles. The van der Waals surface area contributed by atoms with Crippen LogP contribution < -0.4 is 5.32 Å². The van der Waals surface area contributed by atoms with Gasteiger partial charge in [-0.15, -0.1) is 0 Å². The topological polar surface area (TPSA) is 52.0 Å². The lowest BCUT2D eigenvalue weighted by Crippen LogP contribution is -2.33. The average molecular weight is 300 g/mol. The zero-order valence-electron chi connectivity index (χ0n) is 13.0. The van der Waals surface area contributed by atoms with Gasteiger partial charge in [0.2, 0.25) is 0 Å². The number of nitrogens with zero attached hydrogens (tertiary/aromatic N) is 3. The van der Waals surface area contributed by atoms with Gasteiger partial charge in [0.15, 0.2) is 5.65 Å². The molecule has 2 saturated heterocycles. The summed E-state index contributed by atoms with van der Waals surface area (Å²) < 4.78 is 7.91. The van der Waals surface area contributed by atoms with E-state index < -0.39 is 0 Å². The molecule has 5 nitrogen and oxygen atoms in total. The Morgan fingerprint density at radius 1 is 1.27 bits per heavy atom. The Kier molecular flexibility index (Phi) is 4.08. The fourth-order valence-corrected chi connectivity index (χ4v) is 3.76. The standard InChI is InChI=1S/C17H24N4O/c1-3-13(11-18-7-1)12-21-16(14-5-9-22-10-6-14)20-15-4-2-8-19-17(15)21/h2,4,8,13-14,18H,1,3,5-7,9-12H2. The van der Waals surface area contributed by atoms with E-state index in [9.17, 15) is 0 Å². The Labute approximate surface area is 131 Å². The number of aromatic nitrogens is 3. The van der Waals surface area contributed by atoms with Gasteiger partial charge in [-0.2, -0.15) is 0 Å². The van der Waals surface area contributed by atoms with E-state index in [1.807, 2.05) is 12.3 Å². The van der Waals surface area contributed by atoms with Crippen LogP contribution in [0, 0.1) is 5.92 Å². The molecule has 0 aliphatic carbocycles. The monoisotopic (exact) mass is 300 g/mol. The highest BCUT2D eigenvalue weighted by Crippen LogP contribution is 2.30. The first kappa shape index (κ1) is 14.2. The summed E-state index contributed by atoms with van der Waals surface area (Å²) in [5.41, 5.74) is 2.09. The molecule has 0 spiro atoms. The van der Waals surface area contributed by atoms with E-state index in [-0.39, 0.29) is 0 Å². The second-order valence-electron chi connectivity index (χ2n) is 6.53. The van der Waals surface area contributed by atoms with E-state index in [1.165, 1.54) is 18.7 Å². The molecular formula is C17H24N4O. The minimum absolute atomic E-state index is 0.513. The van der Waals surface area contributed by atoms with Crippen LogP contribution in [0.3, 0.4) is 0 Å². The lowest BCUT2D eigenvalue weighted by Gasteiger charge is -2.26. The van der Waals surface area contributed by atoms with E-state index in [0.29, 0.717) is 11.8 Å². The number of fused-ring (bicyclic) bond motifs is 1. The number of ether oxygens (including phenoxy) is 1. The molecule has 0 radical (unpaired) electrons. The van der Waals surface area contributed by atoms with Gasteiger partial charge in [-0.25, -0.2) is 9.97 Å². The van der Waals surface area contributed by atoms with Crippen molar-refractivity contribution in [2.45, 2.75) is 38.1 Å². The van der Waals surface area contributed by atoms with Gasteiger partial charge in [0, 0.05) is 31.9 Å². The van der Waals surface area contributed by atoms with Crippen LogP contribution in [-0.4, -0.2) is 40.8 Å². The second kappa shape index (κ2) is 6.34. The molecule has 5 heteroatoms. The lowest BCUT2D eigenvalue weighted by molar-refractivity contribution is 0.0826. The first-order valence-electron chi connectivity index (χ1n) is 8.51. The van der Waals surface area contributed by atoms with Crippen LogP contribution in [0.15, 0.2) is 18.3 Å². The second-order valence-corrected chi connectivity index (χ2v) is 6.53. The van der Waals surface area contributed by atoms with Crippen LogP contribution >= 0.6 is 0 Å². The molecule has 1 unspecified atom stereocenters. The first-order chi connectivity index (χ1) is 10.9. The third-order valence-corrected chi connectivity index (χ3v) is 4.96. The minimum atomic E-state index is 0.513. The quantitative estimate of drug-likeness (QED) is 0.945. The molecule has 4 heterocycles. The summed E-state index contributed by atoms with van der Waals surface area (Å²) in [5, 5.41) is 3.52. The maximum atomic E-state index is 5.52. The molecule has 22 heavy (non-hydrogen) atoms. The van der Waals surface area contributed by atoms with Crippen molar-refractivity contribution in [3.63, 3.8) is 0 Å². The van der Waals surface area contributed by atoms with Crippen molar-refractivity contribution < 1.29 is 4.74 Å². The predicted octanol–water partition coefficient (Wildman–Crippen LogP) is 2.32. The molecule has 2 aromatic heterocycles. The number of piperidine rings is 1. The zero-order chi connectivity index (χ0) is 14.8. The lowest BCUT2D eigenvalue weighted by atomic mass is 9.97. The summed E-state index contributed by atoms with van der Waals surface area (Å²) in [6.45, 7) is 5.01. The molecule has 1 N–H and O–H groups in total. The molecule has 0 aromatic carbocycles. The molecule has 0 bridgehead atoms. The molecule has 4 rings (SSSR count). The van der Waals surface area contributed by atoms with Crippen molar-refractivity contribution in [3.05, 3.63) is 24.2 Å². The van der Waals surface area contributed by atoms with Crippen molar-refractivity contribution in [3.8, 4) is 0 Å². The fourth-order valence-electron chi connectivity index (χ4n) is 3.76. The third-order valence-electron chi connectivity index (χ3n) is 4.96. The Morgan fingerprint density at radius 2 is 2.18 bits per heavy atom. The van der Waals surface area contributed by atoms with Gasteiger partial charge in [-0.1, -0.05) is 0 Å². The van der Waals surface area contributed by atoms with Gasteiger partial charge in [-0.05, 0) is 56.8 Å². The summed E-state index contributed by atoms with van der Waals surface area (Å²) in [4.78, 5) is 9.54. The van der Waals surface area contributed by atoms with Crippen LogP contribution in [0.25, 0.3) is 11.2 Å². The maximum Gasteiger partial charge on any atom is 0.160 e. The maximum absolute atomic E-state index is 5.52. The van der Waals surface area contributed by atoms with Crippen LogP contribution in [-0.2, 0) is 11.3 Å². The average Bonchev–Trinajstić information content (AvgIpc) is 2.95. The Balaban J connectivity index is 1.69. The van der Waals surface area contributed by atoms with Crippen LogP contribution in [0.5, 0.6) is 0 Å². The number of hydrogen-bond donors (Lipinski definition) is 1. The predicted molar refractivity (Wildman–Crippen MR) is 85.9 cm³/mol. The molecule has 2 aromatic rings. The van der Waals surface area contributed by atoms with Crippen molar-refractivity contribution >= 4 is 11.2 Å². The Hall–Kier alpha value is -1.46. The minimum Gasteiger partial charge on any atom is -0.381 e. The highest BCUT2D eigenvalue weighted by Gasteiger charge is 2.25. The summed E-state index contributed by atoms with van der Waals surface area (Å²) in [5.74, 6) is 2.42. The molecule has 2 aliphatic heterocycles. The number of hydrogen-bond acceptors (Lipinski definition) is 4. The van der Waals surface area contributed by atoms with Crippen molar-refractivity contribution in [2.75, 3.05) is 26.3 Å². The third kappa shape index (κ3) is 2.75. The smallest absolute Gasteiger partial charge is 0.160 e. The van der Waals surface area contributed by atoms with Crippen LogP contribution in [0.1, 0.15) is 37.4 Å². The van der Waals surface area contributed by atoms with Crippen molar-refractivity contribution in [1.29, 1.82) is 0 Å². The zero-order valence-corrected chi connectivity index (χ0v) is 13.0. The summed E-state index contributed by atoms with van der Waals surface area (Å²) >= 11 is 0. The SMILES string of the molecule is c1cnc2c(c1)nc(C1CCOCC1)n2CC1CCCNC1. The van der Waals surface area contributed by atoms with Crippen LogP contribution in [0.2, 0.25) is 0 Å². The van der Waals surface area contributed by atoms with Crippen molar-refractivity contribution in [2.24, 2.45) is 5.92 Å². The van der Waals surface area contributed by atoms with Crippen LogP contribution in [0.4, 0.5) is 0 Å². The number of imidazole rings is 1. The first-order valence-corrected chi connectivity index (χ1v) is 8.51. The summed E-state index contributed by atoms with van der Waals surface area (Å²) in [6, 6.07) is 4.07. The van der Waals surface area contributed by atoms with Gasteiger partial charge < -0.3 is 14.6 Å². The Bertz CT molecular complexity index is 627. The van der Waals surface area contributed by atoms with E-state index in [1.54, 1.807) is 0 Å². The largest absolute Gasteiger partial charge is 0.381 e. The van der Waals surface area contributed by atoms with Gasteiger partial charge in [0.1, 0.15) is 11.3 Å². The van der Waals surface area contributed by atoms with Gasteiger partial charge >= 0.3 is 0 Å². The summed E-state index contributed by atoms with van der Waals surface area (Å²) in [7, 11) is 0. The van der Waals surface area contributed by atoms with E-state index in [4.69, 9.17) is 9.72 Å². The highest BCUT2D eigenvalue weighted by molar-refractivity contribution is 5.71. The van der Waals surface area contributed by atoms with E-state index >= 15 is 0 Å². The highest BCUT2D eigenvalue weighted by atomic mass is 16.5. The van der Waals surface area contributed by atoms with E-state index in [2.05, 4.69) is 20.9 Å². The fraction of sp³-hybridized carbons (Fsp3) is 0.647. The van der Waals surface area contributed by atoms with Gasteiger partial charge in [0.25, 0.3) is 0 Å². The van der Waals surface area contributed by atoms with Gasteiger partial charge in [0.05, 0.1) is 0 Å². The molecule has 2 fully saturated rings. The molecular weight excluding hydrogens is 276 g/mol. The van der Waals surface area contributed by atoms with E-state index in [0.717, 1.165) is 56.9 Å². The number of rotatable bonds is 3. The van der Waals surface area contributed by atoms with Crippen molar-refractivity contribution in [1.82, 2.24) is 19.9 Å². The molecule has 1 atom stereocenters. The number of pyridine rings is 1. The normalized spacial score (nSPS) is 23.9. The molecule has 2 aliphatic rings. The Morgan fingerprint density at radius 3 is 3.00 bits per heavy atom. The number of nitrogens with one attached hydrogen (secondary N) is 1. The summed E-state index contributed by atoms with van der Waals surface area (Å²) in [6.07, 6.45) is 6.61.